The van der Waals surface area contributed by atoms with Crippen molar-refractivity contribution in [2.75, 3.05) is 37.8 Å². The Kier molecular flexibility index (Phi) is 23.5. The number of aliphatic hydroxyl groups excluding tert-OH is 2. The van der Waals surface area contributed by atoms with E-state index in [-0.39, 0.29) is 41.6 Å². The summed E-state index contributed by atoms with van der Waals surface area (Å²) in [6.07, 6.45) is 11.8. The maximum Gasteiger partial charge on any atom is 0.481 e. The van der Waals surface area contributed by atoms with Gasteiger partial charge in [-0.1, -0.05) is 76.1 Å². The van der Waals surface area contributed by atoms with E-state index in [9.17, 15) is 57.9 Å². The number of rotatable bonds is 31. The number of carbonyl (C=O) groups excluding carboxylic acids is 3. The highest BCUT2D eigenvalue weighted by Gasteiger charge is 2.50. The number of unbranched alkanes of at least 4 members (excludes halogenated alkanes) is 6. The zero-order valence-electron chi connectivity index (χ0n) is 36.5. The molecule has 0 spiro atoms. The Morgan fingerprint density at radius 2 is 1.62 bits per heavy atom. The number of phosphoric ester groups is 3. The van der Waals surface area contributed by atoms with Gasteiger partial charge in [0.25, 0.3) is 0 Å². The monoisotopic (exact) mass is 1000 g/mol. The lowest BCUT2D eigenvalue weighted by Crippen LogP contribution is -2.46. The molecule has 0 bridgehead atoms. The molecule has 3 heterocycles. The van der Waals surface area contributed by atoms with Gasteiger partial charge in [0.15, 0.2) is 22.8 Å². The standard InChI is InChI=1S/C37H62N7O17P3S/c1-4-5-6-7-8-9-10-11-12-13-14-15-16-17-28(46)65-21-20-39-27(45)18-19-40-35(49)32(48)37(2,3)23-58-64(55,56)61-63(53,54)57-22-26-31(60-62(50,51)52)30(47)36(59-26)44-25-43-29-33(38)41-24-42-34(29)44/h9-10,12-13,24-26,30-32,36,47-48H,4-8,11,14-23H2,1-3H3,(H,39,45)(H,40,49)(H,53,54)(H,55,56)(H2,38,41,42)(H2,50,51,52)/b10-9+,13-12+. The summed E-state index contributed by atoms with van der Waals surface area (Å²) in [5.74, 6) is -1.06. The molecule has 3 rings (SSSR count). The summed E-state index contributed by atoms with van der Waals surface area (Å²) >= 11 is 1.13. The molecule has 1 saturated heterocycles. The van der Waals surface area contributed by atoms with Gasteiger partial charge in [0.2, 0.25) is 11.8 Å². The number of allylic oxidation sites excluding steroid dienone is 4. The molecule has 1 aliphatic rings. The summed E-state index contributed by atoms with van der Waals surface area (Å²) in [5, 5.41) is 26.6. The summed E-state index contributed by atoms with van der Waals surface area (Å²) in [6, 6.07) is 0. The molecular formula is C37H62N7O17P3S. The number of phosphoric acid groups is 3. The average Bonchev–Trinajstić information content (AvgIpc) is 3.79. The molecule has 368 valence electrons. The quantitative estimate of drug-likeness (QED) is 0.0295. The van der Waals surface area contributed by atoms with E-state index in [1.165, 1.54) is 39.5 Å². The lowest BCUT2D eigenvalue weighted by Gasteiger charge is -2.30. The summed E-state index contributed by atoms with van der Waals surface area (Å²) in [5.41, 5.74) is 4.28. The highest BCUT2D eigenvalue weighted by atomic mass is 32.2. The molecule has 0 saturated carbocycles. The SMILES string of the molecule is CCCCCC/C=C/C/C=C/CCCCC(=O)SCCNC(=O)CCNC(=O)C(O)C(C)(C)COP(=O)(O)OP(=O)(O)OCC1OC(n2cnc3c(N)ncnc32)C(O)C1OP(=O)(O)O. The first-order valence-electron chi connectivity index (χ1n) is 20.9. The second-order valence-corrected chi connectivity index (χ2v) is 21.0. The lowest BCUT2D eigenvalue weighted by molar-refractivity contribution is -0.137. The number of imidazole rings is 1. The number of hydrogen-bond donors (Lipinski definition) is 9. The van der Waals surface area contributed by atoms with Gasteiger partial charge < -0.3 is 50.9 Å². The van der Waals surface area contributed by atoms with Gasteiger partial charge >= 0.3 is 23.5 Å². The number of fused-ring (bicyclic) bond motifs is 1. The van der Waals surface area contributed by atoms with Crippen LogP contribution < -0.4 is 16.4 Å². The molecule has 28 heteroatoms. The Bertz CT molecular complexity index is 2050. The van der Waals surface area contributed by atoms with Gasteiger partial charge in [0.05, 0.1) is 19.5 Å². The highest BCUT2D eigenvalue weighted by molar-refractivity contribution is 8.13. The van der Waals surface area contributed by atoms with E-state index in [2.05, 4.69) is 65.6 Å². The number of amides is 2. The van der Waals surface area contributed by atoms with Gasteiger partial charge in [-0.05, 0) is 38.5 Å². The second kappa shape index (κ2) is 27.1. The number of nitrogens with one attached hydrogen (secondary N) is 2. The van der Waals surface area contributed by atoms with Crippen LogP contribution in [0.5, 0.6) is 0 Å². The van der Waals surface area contributed by atoms with Gasteiger partial charge in [-0.25, -0.2) is 28.6 Å². The molecule has 7 unspecified atom stereocenters. The third-order valence-corrected chi connectivity index (χ3v) is 13.6. The normalized spacial score (nSPS) is 20.6. The average molecular weight is 1000 g/mol. The maximum absolute atomic E-state index is 12.7. The van der Waals surface area contributed by atoms with E-state index >= 15 is 0 Å². The van der Waals surface area contributed by atoms with Crippen molar-refractivity contribution in [1.82, 2.24) is 30.2 Å². The Morgan fingerprint density at radius 1 is 0.938 bits per heavy atom. The molecular weight excluding hydrogens is 939 g/mol. The third kappa shape index (κ3) is 20.4. The highest BCUT2D eigenvalue weighted by Crippen LogP contribution is 2.61. The van der Waals surface area contributed by atoms with Crippen molar-refractivity contribution < 1.29 is 80.5 Å². The molecule has 1 aliphatic heterocycles. The second-order valence-electron chi connectivity index (χ2n) is 15.6. The van der Waals surface area contributed by atoms with Gasteiger partial charge in [0, 0.05) is 37.1 Å². The molecule has 0 aliphatic carbocycles. The van der Waals surface area contributed by atoms with Crippen molar-refractivity contribution in [1.29, 1.82) is 0 Å². The van der Waals surface area contributed by atoms with Crippen LogP contribution in [0.4, 0.5) is 5.82 Å². The molecule has 2 aromatic heterocycles. The van der Waals surface area contributed by atoms with E-state index in [0.717, 1.165) is 61.1 Å². The number of nitrogens with two attached hydrogens (primary N) is 1. The minimum absolute atomic E-state index is 0.0317. The molecule has 1 fully saturated rings. The number of thioether (sulfide) groups is 1. The molecule has 2 amide bonds. The molecule has 65 heavy (non-hydrogen) atoms. The number of aromatic nitrogens is 4. The number of aliphatic hydroxyl groups is 2. The van der Waals surface area contributed by atoms with Crippen LogP contribution in [0.25, 0.3) is 11.2 Å². The fourth-order valence-electron chi connectivity index (χ4n) is 6.09. The molecule has 2 aromatic rings. The molecule has 24 nitrogen and oxygen atoms in total. The summed E-state index contributed by atoms with van der Waals surface area (Å²) < 4.78 is 62.4. The van der Waals surface area contributed by atoms with Gasteiger partial charge in [-0.3, -0.25) is 32.5 Å². The van der Waals surface area contributed by atoms with E-state index < -0.39 is 84.6 Å². The fraction of sp³-hybridized carbons (Fsp3) is 0.676. The van der Waals surface area contributed by atoms with Crippen molar-refractivity contribution in [3.05, 3.63) is 37.0 Å². The van der Waals surface area contributed by atoms with Crippen LogP contribution in [-0.2, 0) is 50.7 Å². The number of hydrogen-bond acceptors (Lipinski definition) is 18. The summed E-state index contributed by atoms with van der Waals surface area (Å²) in [6.45, 7) is 2.74. The minimum Gasteiger partial charge on any atom is -0.386 e. The van der Waals surface area contributed by atoms with E-state index in [1.54, 1.807) is 0 Å². The summed E-state index contributed by atoms with van der Waals surface area (Å²) in [7, 11) is -16.4. The van der Waals surface area contributed by atoms with E-state index in [0.29, 0.717) is 12.2 Å². The number of carbonyl (C=O) groups is 3. The first-order chi connectivity index (χ1) is 30.6. The van der Waals surface area contributed by atoms with Crippen LogP contribution in [0.1, 0.15) is 97.6 Å². The topological polar surface area (TPSA) is 364 Å². The van der Waals surface area contributed by atoms with E-state index in [4.69, 9.17) is 19.5 Å². The van der Waals surface area contributed by atoms with Crippen molar-refractivity contribution in [2.24, 2.45) is 5.41 Å². The molecule has 7 atom stereocenters. The Balaban J connectivity index is 1.34. The van der Waals surface area contributed by atoms with Crippen molar-refractivity contribution >= 4 is 69.1 Å². The van der Waals surface area contributed by atoms with Crippen LogP contribution >= 0.6 is 35.2 Å². The zero-order valence-corrected chi connectivity index (χ0v) is 40.0. The number of nitrogen functional groups attached to an aromatic ring is 1. The van der Waals surface area contributed by atoms with Crippen molar-refractivity contribution in [3.8, 4) is 0 Å². The van der Waals surface area contributed by atoms with Gasteiger partial charge in [-0.2, -0.15) is 4.31 Å². The largest absolute Gasteiger partial charge is 0.481 e. The lowest BCUT2D eigenvalue weighted by atomic mass is 9.87. The van der Waals surface area contributed by atoms with Crippen LogP contribution in [0.3, 0.4) is 0 Å². The third-order valence-electron chi connectivity index (χ3n) is 9.60. The first-order valence-corrected chi connectivity index (χ1v) is 26.4. The van der Waals surface area contributed by atoms with Crippen molar-refractivity contribution in [2.45, 2.75) is 122 Å². The minimum atomic E-state index is -5.58. The molecule has 10 N–H and O–H groups in total. The van der Waals surface area contributed by atoms with Gasteiger partial charge in [0.1, 0.15) is 36.3 Å². The Labute approximate surface area is 381 Å². The van der Waals surface area contributed by atoms with E-state index in [1.807, 2.05) is 0 Å². The predicted octanol–water partition coefficient (Wildman–Crippen LogP) is 3.70. The number of nitrogens with zero attached hydrogens (tertiary/aromatic N) is 4. The Hall–Kier alpha value is -2.96. The molecule has 0 aromatic carbocycles. The number of anilines is 1. The van der Waals surface area contributed by atoms with Crippen molar-refractivity contribution in [3.63, 3.8) is 0 Å². The maximum atomic E-state index is 12.7. The van der Waals surface area contributed by atoms with Crippen LogP contribution in [0.2, 0.25) is 0 Å². The fourth-order valence-corrected chi connectivity index (χ4v) is 9.64. The Morgan fingerprint density at radius 3 is 2.29 bits per heavy atom. The van der Waals surface area contributed by atoms with Crippen LogP contribution in [-0.4, -0.2) is 123 Å². The predicted molar refractivity (Wildman–Crippen MR) is 237 cm³/mol. The smallest absolute Gasteiger partial charge is 0.386 e. The summed E-state index contributed by atoms with van der Waals surface area (Å²) in [4.78, 5) is 88.2. The number of ether oxygens (including phenoxy) is 1. The molecule has 0 radical (unpaired) electrons. The van der Waals surface area contributed by atoms with Crippen LogP contribution in [0.15, 0.2) is 37.0 Å². The first kappa shape index (κ1) is 56.4. The zero-order chi connectivity index (χ0) is 48.3. The van der Waals surface area contributed by atoms with Crippen LogP contribution in [0, 0.1) is 5.41 Å². The van der Waals surface area contributed by atoms with Gasteiger partial charge in [-0.15, -0.1) is 0 Å².